The Hall–Kier alpha value is -2.24. The lowest BCUT2D eigenvalue weighted by atomic mass is 10.1. The zero-order valence-corrected chi connectivity index (χ0v) is 10.8. The van der Waals surface area contributed by atoms with E-state index in [1.54, 1.807) is 25.2 Å². The highest BCUT2D eigenvalue weighted by atomic mass is 16.2. The molecule has 2 amide bonds. The quantitative estimate of drug-likeness (QED) is 0.575. The van der Waals surface area contributed by atoms with Gasteiger partial charge in [-0.2, -0.15) is 0 Å². The summed E-state index contributed by atoms with van der Waals surface area (Å²) in [5, 5.41) is 8.37. The van der Waals surface area contributed by atoms with Crippen LogP contribution in [-0.2, 0) is 4.79 Å². The van der Waals surface area contributed by atoms with Crippen molar-refractivity contribution in [1.82, 2.24) is 10.6 Å². The van der Waals surface area contributed by atoms with Crippen molar-refractivity contribution in [3.05, 3.63) is 23.8 Å². The van der Waals surface area contributed by atoms with Crippen LogP contribution in [-0.4, -0.2) is 31.4 Å². The van der Waals surface area contributed by atoms with Gasteiger partial charge in [0.1, 0.15) is 0 Å². The summed E-state index contributed by atoms with van der Waals surface area (Å²) in [6.07, 6.45) is 2.10. The van der Waals surface area contributed by atoms with Crippen LogP contribution in [0.15, 0.2) is 18.2 Å². The fraction of sp³-hybridized carbons (Fsp3) is 0.385. The van der Waals surface area contributed by atoms with Gasteiger partial charge in [-0.3, -0.25) is 9.59 Å². The SMILES string of the molecule is CNC(=O)c1ccc(N)cc1NCC(=O)NC1CC1. The predicted octanol–water partition coefficient (Wildman–Crippen LogP) is 0.319. The first-order chi connectivity index (χ1) is 9.10. The van der Waals surface area contributed by atoms with E-state index in [1.165, 1.54) is 0 Å². The summed E-state index contributed by atoms with van der Waals surface area (Å²) < 4.78 is 0. The lowest BCUT2D eigenvalue weighted by Gasteiger charge is -2.12. The van der Waals surface area contributed by atoms with Gasteiger partial charge in [0.2, 0.25) is 5.91 Å². The van der Waals surface area contributed by atoms with Gasteiger partial charge >= 0.3 is 0 Å². The zero-order chi connectivity index (χ0) is 13.8. The number of nitrogen functional groups attached to an aromatic ring is 1. The van der Waals surface area contributed by atoms with Crippen LogP contribution in [0.1, 0.15) is 23.2 Å². The number of anilines is 2. The van der Waals surface area contributed by atoms with Crippen molar-refractivity contribution in [2.45, 2.75) is 18.9 Å². The molecule has 19 heavy (non-hydrogen) atoms. The number of nitrogens with one attached hydrogen (secondary N) is 3. The van der Waals surface area contributed by atoms with Gasteiger partial charge in [-0.15, -0.1) is 0 Å². The monoisotopic (exact) mass is 262 g/mol. The van der Waals surface area contributed by atoms with E-state index in [4.69, 9.17) is 5.73 Å². The number of carbonyl (C=O) groups is 2. The Balaban J connectivity index is 2.02. The average molecular weight is 262 g/mol. The van der Waals surface area contributed by atoms with Gasteiger partial charge in [-0.1, -0.05) is 0 Å². The zero-order valence-electron chi connectivity index (χ0n) is 10.8. The minimum atomic E-state index is -0.217. The van der Waals surface area contributed by atoms with Crippen LogP contribution < -0.4 is 21.7 Å². The van der Waals surface area contributed by atoms with Gasteiger partial charge < -0.3 is 21.7 Å². The number of hydrogen-bond acceptors (Lipinski definition) is 4. The normalized spacial score (nSPS) is 13.7. The molecule has 0 spiro atoms. The van der Waals surface area contributed by atoms with Gasteiger partial charge in [0.25, 0.3) is 5.91 Å². The molecule has 0 heterocycles. The lowest BCUT2D eigenvalue weighted by molar-refractivity contribution is -0.119. The molecule has 0 bridgehead atoms. The highest BCUT2D eigenvalue weighted by Crippen LogP contribution is 2.20. The van der Waals surface area contributed by atoms with Crippen LogP contribution in [0.25, 0.3) is 0 Å². The molecular formula is C13H18N4O2. The molecule has 5 N–H and O–H groups in total. The highest BCUT2D eigenvalue weighted by molar-refractivity contribution is 6.00. The molecule has 2 rings (SSSR count). The molecule has 1 saturated carbocycles. The Morgan fingerprint density at radius 1 is 1.37 bits per heavy atom. The molecule has 0 radical (unpaired) electrons. The maximum atomic E-state index is 11.7. The van der Waals surface area contributed by atoms with Crippen molar-refractivity contribution in [3.63, 3.8) is 0 Å². The van der Waals surface area contributed by atoms with E-state index in [0.717, 1.165) is 12.8 Å². The topological polar surface area (TPSA) is 96.2 Å². The summed E-state index contributed by atoms with van der Waals surface area (Å²) in [7, 11) is 1.56. The Bertz CT molecular complexity index is 497. The third-order valence-electron chi connectivity index (χ3n) is 2.90. The number of nitrogens with two attached hydrogens (primary N) is 1. The summed E-state index contributed by atoms with van der Waals surface area (Å²) in [5.74, 6) is -0.294. The second kappa shape index (κ2) is 5.60. The third kappa shape index (κ3) is 3.61. The highest BCUT2D eigenvalue weighted by Gasteiger charge is 2.23. The van der Waals surface area contributed by atoms with E-state index in [9.17, 15) is 9.59 Å². The van der Waals surface area contributed by atoms with Crippen LogP contribution in [0.3, 0.4) is 0 Å². The Kier molecular flexibility index (Phi) is 3.89. The van der Waals surface area contributed by atoms with E-state index in [-0.39, 0.29) is 18.4 Å². The molecule has 1 aromatic rings. The van der Waals surface area contributed by atoms with Gasteiger partial charge in [-0.05, 0) is 31.0 Å². The van der Waals surface area contributed by atoms with Crippen LogP contribution in [0.2, 0.25) is 0 Å². The van der Waals surface area contributed by atoms with Gasteiger partial charge in [-0.25, -0.2) is 0 Å². The van der Waals surface area contributed by atoms with E-state index in [1.807, 2.05) is 0 Å². The standard InChI is InChI=1S/C13H18N4O2/c1-15-13(19)10-5-2-8(14)6-11(10)16-7-12(18)17-9-3-4-9/h2,5-6,9,16H,3-4,7,14H2,1H3,(H,15,19)(H,17,18). The molecule has 0 aromatic heterocycles. The van der Waals surface area contributed by atoms with Gasteiger partial charge in [0.05, 0.1) is 12.1 Å². The molecule has 102 valence electrons. The molecule has 1 fully saturated rings. The number of hydrogen-bond donors (Lipinski definition) is 4. The van der Waals surface area contributed by atoms with Crippen molar-refractivity contribution in [1.29, 1.82) is 0 Å². The van der Waals surface area contributed by atoms with Crippen LogP contribution in [0.4, 0.5) is 11.4 Å². The van der Waals surface area contributed by atoms with Crippen LogP contribution in [0.5, 0.6) is 0 Å². The summed E-state index contributed by atoms with van der Waals surface area (Å²) in [6.45, 7) is 0.129. The van der Waals surface area contributed by atoms with Crippen LogP contribution >= 0.6 is 0 Å². The van der Waals surface area contributed by atoms with Crippen LogP contribution in [0, 0.1) is 0 Å². The molecule has 6 nitrogen and oxygen atoms in total. The second-order valence-corrected chi connectivity index (χ2v) is 4.58. The Morgan fingerprint density at radius 2 is 2.11 bits per heavy atom. The van der Waals surface area contributed by atoms with Crippen molar-refractivity contribution in [3.8, 4) is 0 Å². The Labute approximate surface area is 111 Å². The van der Waals surface area contributed by atoms with Crippen molar-refractivity contribution < 1.29 is 9.59 Å². The van der Waals surface area contributed by atoms with E-state index in [2.05, 4.69) is 16.0 Å². The van der Waals surface area contributed by atoms with E-state index >= 15 is 0 Å². The van der Waals surface area contributed by atoms with E-state index in [0.29, 0.717) is 23.0 Å². The molecule has 1 aliphatic rings. The van der Waals surface area contributed by atoms with E-state index < -0.39 is 0 Å². The molecule has 0 atom stereocenters. The summed E-state index contributed by atoms with van der Waals surface area (Å²) in [6, 6.07) is 5.26. The minimum Gasteiger partial charge on any atom is -0.399 e. The molecule has 0 aliphatic heterocycles. The molecule has 6 heteroatoms. The van der Waals surface area contributed by atoms with Crippen molar-refractivity contribution in [2.24, 2.45) is 0 Å². The minimum absolute atomic E-state index is 0.0761. The summed E-state index contributed by atoms with van der Waals surface area (Å²) in [4.78, 5) is 23.3. The van der Waals surface area contributed by atoms with Gasteiger partial charge in [0.15, 0.2) is 0 Å². The number of rotatable bonds is 5. The lowest BCUT2D eigenvalue weighted by Crippen LogP contribution is -2.32. The second-order valence-electron chi connectivity index (χ2n) is 4.58. The largest absolute Gasteiger partial charge is 0.399 e. The first-order valence-electron chi connectivity index (χ1n) is 6.25. The smallest absolute Gasteiger partial charge is 0.253 e. The summed E-state index contributed by atoms with van der Waals surface area (Å²) in [5.41, 5.74) is 7.26. The first kappa shape index (κ1) is 13.2. The maximum absolute atomic E-state index is 11.7. The number of benzene rings is 1. The molecule has 1 aromatic carbocycles. The predicted molar refractivity (Wildman–Crippen MR) is 73.9 cm³/mol. The van der Waals surface area contributed by atoms with Gasteiger partial charge in [0, 0.05) is 24.5 Å². The number of amides is 2. The van der Waals surface area contributed by atoms with Crippen molar-refractivity contribution >= 4 is 23.2 Å². The fourth-order valence-electron chi connectivity index (χ4n) is 1.72. The first-order valence-corrected chi connectivity index (χ1v) is 6.25. The molecule has 1 aliphatic carbocycles. The third-order valence-corrected chi connectivity index (χ3v) is 2.90. The van der Waals surface area contributed by atoms with Crippen molar-refractivity contribution in [2.75, 3.05) is 24.6 Å². The fourth-order valence-corrected chi connectivity index (χ4v) is 1.72. The number of carbonyl (C=O) groups excluding carboxylic acids is 2. The Morgan fingerprint density at radius 3 is 2.74 bits per heavy atom. The molecule has 0 saturated heterocycles. The molecular weight excluding hydrogens is 244 g/mol. The average Bonchev–Trinajstić information content (AvgIpc) is 3.19. The molecule has 0 unspecified atom stereocenters. The maximum Gasteiger partial charge on any atom is 0.253 e. The summed E-state index contributed by atoms with van der Waals surface area (Å²) >= 11 is 0.